The molecule has 0 aliphatic carbocycles. The molecule has 1 heteroatoms. The molecule has 10 aromatic carbocycles. The third-order valence-electron chi connectivity index (χ3n) is 10.6. The molecule has 0 N–H and O–H groups in total. The van der Waals surface area contributed by atoms with Crippen molar-refractivity contribution in [3.8, 4) is 33.4 Å². The van der Waals surface area contributed by atoms with Gasteiger partial charge >= 0.3 is 0 Å². The molecule has 0 saturated heterocycles. The standard InChI is InChI=1S/C52H35N/c1-3-13-36(14-4-1)39-17-11-19-45(32-39)53(46-20-12-18-40(33-46)37-15-5-2-6-16-37)44-29-27-38(28-30-44)41-25-26-42-34-51-49-23-9-7-21-47(49)48-22-8-10-24-50(48)52(51)35-43(42)31-41/h1-35H. The first-order valence-electron chi connectivity index (χ1n) is 18.3. The molecule has 10 aromatic rings. The molecule has 0 aliphatic rings. The highest BCUT2D eigenvalue weighted by Gasteiger charge is 2.16. The van der Waals surface area contributed by atoms with Gasteiger partial charge in [0.2, 0.25) is 0 Å². The number of rotatable bonds is 6. The molecule has 0 heterocycles. The van der Waals surface area contributed by atoms with Crippen molar-refractivity contribution in [1.29, 1.82) is 0 Å². The van der Waals surface area contributed by atoms with E-state index in [1.54, 1.807) is 0 Å². The summed E-state index contributed by atoms with van der Waals surface area (Å²) in [5.41, 5.74) is 10.5. The summed E-state index contributed by atoms with van der Waals surface area (Å²) in [5.74, 6) is 0. The Hall–Kier alpha value is -6.96. The number of hydrogen-bond acceptors (Lipinski definition) is 1. The molecule has 0 spiro atoms. The van der Waals surface area contributed by atoms with Gasteiger partial charge in [0.1, 0.15) is 0 Å². The molecular formula is C52H35N. The molecule has 1 nitrogen and oxygen atoms in total. The van der Waals surface area contributed by atoms with Gasteiger partial charge in [-0.15, -0.1) is 0 Å². The number of hydrogen-bond donors (Lipinski definition) is 0. The van der Waals surface area contributed by atoms with Crippen LogP contribution in [0.2, 0.25) is 0 Å². The van der Waals surface area contributed by atoms with E-state index in [4.69, 9.17) is 0 Å². The van der Waals surface area contributed by atoms with E-state index in [1.807, 2.05) is 0 Å². The zero-order chi connectivity index (χ0) is 35.1. The fraction of sp³-hybridized carbons (Fsp3) is 0. The van der Waals surface area contributed by atoms with Crippen molar-refractivity contribution in [1.82, 2.24) is 0 Å². The minimum Gasteiger partial charge on any atom is -0.310 e. The Bertz CT molecular complexity index is 2840. The maximum atomic E-state index is 2.39. The molecule has 0 aromatic heterocycles. The Balaban J connectivity index is 1.07. The van der Waals surface area contributed by atoms with Crippen LogP contribution in [0.3, 0.4) is 0 Å². The zero-order valence-corrected chi connectivity index (χ0v) is 29.2. The maximum Gasteiger partial charge on any atom is 0.0467 e. The molecule has 0 fully saturated rings. The summed E-state index contributed by atoms with van der Waals surface area (Å²) >= 11 is 0. The highest BCUT2D eigenvalue weighted by molar-refractivity contribution is 6.27. The Morgan fingerprint density at radius 2 is 0.604 bits per heavy atom. The number of nitrogens with zero attached hydrogens (tertiary/aromatic N) is 1. The van der Waals surface area contributed by atoms with E-state index in [0.29, 0.717) is 0 Å². The third-order valence-corrected chi connectivity index (χ3v) is 10.6. The molecular weight excluding hydrogens is 639 g/mol. The highest BCUT2D eigenvalue weighted by Crippen LogP contribution is 2.41. The smallest absolute Gasteiger partial charge is 0.0467 e. The van der Waals surface area contributed by atoms with Gasteiger partial charge in [-0.05, 0) is 131 Å². The summed E-state index contributed by atoms with van der Waals surface area (Å²) < 4.78 is 0. The molecule has 0 aliphatic heterocycles. The summed E-state index contributed by atoms with van der Waals surface area (Å²) in [6, 6.07) is 77.2. The van der Waals surface area contributed by atoms with Crippen LogP contribution in [-0.4, -0.2) is 0 Å². The molecule has 0 amide bonds. The van der Waals surface area contributed by atoms with E-state index in [2.05, 4.69) is 217 Å². The van der Waals surface area contributed by atoms with Crippen LogP contribution >= 0.6 is 0 Å². The lowest BCUT2D eigenvalue weighted by atomic mass is 9.91. The topological polar surface area (TPSA) is 3.24 Å². The van der Waals surface area contributed by atoms with Gasteiger partial charge in [-0.3, -0.25) is 0 Å². The van der Waals surface area contributed by atoms with Crippen LogP contribution in [0, 0.1) is 0 Å². The van der Waals surface area contributed by atoms with Gasteiger partial charge in [0.05, 0.1) is 0 Å². The minimum atomic E-state index is 1.11. The van der Waals surface area contributed by atoms with E-state index >= 15 is 0 Å². The number of benzene rings is 10. The van der Waals surface area contributed by atoms with E-state index < -0.39 is 0 Å². The van der Waals surface area contributed by atoms with E-state index in [0.717, 1.165) is 17.1 Å². The molecule has 0 unspecified atom stereocenters. The van der Waals surface area contributed by atoms with Crippen LogP contribution in [0.4, 0.5) is 17.1 Å². The summed E-state index contributed by atoms with van der Waals surface area (Å²) in [4.78, 5) is 2.37. The Morgan fingerprint density at radius 3 is 1.13 bits per heavy atom. The van der Waals surface area contributed by atoms with E-state index in [9.17, 15) is 0 Å². The molecule has 53 heavy (non-hydrogen) atoms. The number of fused-ring (bicyclic) bond motifs is 7. The van der Waals surface area contributed by atoms with Crippen molar-refractivity contribution in [3.63, 3.8) is 0 Å². The SMILES string of the molecule is c1ccc(-c2cccc(N(c3ccc(-c4ccc5cc6c7ccccc7c7ccccc7c6cc5c4)cc3)c3cccc(-c4ccccc4)c3)c2)cc1. The van der Waals surface area contributed by atoms with Gasteiger partial charge < -0.3 is 4.90 Å². The van der Waals surface area contributed by atoms with Crippen LogP contribution in [0.25, 0.3) is 76.5 Å². The second-order valence-corrected chi connectivity index (χ2v) is 13.8. The lowest BCUT2D eigenvalue weighted by molar-refractivity contribution is 1.28. The van der Waals surface area contributed by atoms with E-state index in [-0.39, 0.29) is 0 Å². The van der Waals surface area contributed by atoms with Crippen LogP contribution in [0.5, 0.6) is 0 Å². The third kappa shape index (κ3) is 5.60. The van der Waals surface area contributed by atoms with Gasteiger partial charge in [0, 0.05) is 17.1 Å². The first kappa shape index (κ1) is 30.8. The molecule has 0 bridgehead atoms. The van der Waals surface area contributed by atoms with Crippen LogP contribution in [0.1, 0.15) is 0 Å². The lowest BCUT2D eigenvalue weighted by Gasteiger charge is -2.27. The van der Waals surface area contributed by atoms with Gasteiger partial charge in [0.15, 0.2) is 0 Å². The van der Waals surface area contributed by atoms with Crippen molar-refractivity contribution in [2.24, 2.45) is 0 Å². The average Bonchev–Trinajstić information content (AvgIpc) is 3.24. The van der Waals surface area contributed by atoms with E-state index in [1.165, 1.54) is 76.5 Å². The fourth-order valence-corrected chi connectivity index (χ4v) is 7.99. The summed E-state index contributed by atoms with van der Waals surface area (Å²) in [6.45, 7) is 0. The van der Waals surface area contributed by atoms with Crippen molar-refractivity contribution in [2.45, 2.75) is 0 Å². The monoisotopic (exact) mass is 673 g/mol. The zero-order valence-electron chi connectivity index (χ0n) is 29.2. The molecule has 0 atom stereocenters. The van der Waals surface area contributed by atoms with Crippen LogP contribution in [0.15, 0.2) is 212 Å². The molecule has 10 rings (SSSR count). The maximum absolute atomic E-state index is 2.39. The highest BCUT2D eigenvalue weighted by atomic mass is 15.1. The first-order valence-corrected chi connectivity index (χ1v) is 18.3. The Morgan fingerprint density at radius 1 is 0.208 bits per heavy atom. The largest absolute Gasteiger partial charge is 0.310 e. The normalized spacial score (nSPS) is 11.4. The van der Waals surface area contributed by atoms with Gasteiger partial charge in [-0.25, -0.2) is 0 Å². The summed E-state index contributed by atoms with van der Waals surface area (Å²) in [6.07, 6.45) is 0. The van der Waals surface area contributed by atoms with Gasteiger partial charge in [-0.1, -0.05) is 158 Å². The average molecular weight is 674 g/mol. The quantitative estimate of drug-likeness (QED) is 0.125. The predicted octanol–water partition coefficient (Wildman–Crippen LogP) is 14.8. The Labute approximate surface area is 309 Å². The van der Waals surface area contributed by atoms with Gasteiger partial charge in [0.25, 0.3) is 0 Å². The second kappa shape index (κ2) is 13.0. The Kier molecular flexibility index (Phi) is 7.55. The van der Waals surface area contributed by atoms with Crippen LogP contribution in [-0.2, 0) is 0 Å². The second-order valence-electron chi connectivity index (χ2n) is 13.8. The van der Waals surface area contributed by atoms with Crippen molar-refractivity contribution in [3.05, 3.63) is 212 Å². The molecule has 0 radical (unpaired) electrons. The summed E-state index contributed by atoms with van der Waals surface area (Å²) in [5, 5.41) is 10.3. The minimum absolute atomic E-state index is 1.11. The predicted molar refractivity (Wildman–Crippen MR) is 227 cm³/mol. The van der Waals surface area contributed by atoms with Crippen molar-refractivity contribution >= 4 is 60.2 Å². The van der Waals surface area contributed by atoms with Crippen molar-refractivity contribution < 1.29 is 0 Å². The van der Waals surface area contributed by atoms with Crippen molar-refractivity contribution in [2.75, 3.05) is 4.90 Å². The summed E-state index contributed by atoms with van der Waals surface area (Å²) in [7, 11) is 0. The van der Waals surface area contributed by atoms with Gasteiger partial charge in [-0.2, -0.15) is 0 Å². The molecule has 0 saturated carbocycles. The number of anilines is 3. The fourth-order valence-electron chi connectivity index (χ4n) is 7.99. The molecule has 248 valence electrons. The lowest BCUT2D eigenvalue weighted by Crippen LogP contribution is -2.10. The van der Waals surface area contributed by atoms with Crippen LogP contribution < -0.4 is 4.90 Å². The first-order chi connectivity index (χ1) is 26.3.